The Morgan fingerprint density at radius 1 is 1.21 bits per heavy atom. The number of benzene rings is 1. The lowest BCUT2D eigenvalue weighted by Crippen LogP contribution is -2.39. The molecule has 2 aromatic heterocycles. The number of aromatic nitrogens is 3. The molecule has 1 saturated heterocycles. The van der Waals surface area contributed by atoms with E-state index in [4.69, 9.17) is 4.74 Å². The van der Waals surface area contributed by atoms with Crippen molar-refractivity contribution in [2.45, 2.75) is 43.4 Å². The van der Waals surface area contributed by atoms with Crippen molar-refractivity contribution in [3.05, 3.63) is 53.4 Å². The fourth-order valence-electron chi connectivity index (χ4n) is 3.61. The average Bonchev–Trinajstić information content (AvgIpc) is 3.54. The predicted molar refractivity (Wildman–Crippen MR) is 121 cm³/mol. The number of hydrogen-bond acceptors (Lipinski definition) is 6. The molecule has 6 nitrogen and oxygen atoms in total. The lowest BCUT2D eigenvalue weighted by Gasteiger charge is -2.24. The van der Waals surface area contributed by atoms with E-state index in [0.29, 0.717) is 29.7 Å². The van der Waals surface area contributed by atoms with Gasteiger partial charge in [0.15, 0.2) is 11.0 Å². The van der Waals surface area contributed by atoms with Gasteiger partial charge in [0, 0.05) is 13.2 Å². The van der Waals surface area contributed by atoms with Gasteiger partial charge in [0.1, 0.15) is 6.54 Å². The summed E-state index contributed by atoms with van der Waals surface area (Å²) in [5.41, 5.74) is 0.640. The van der Waals surface area contributed by atoms with E-state index >= 15 is 0 Å². The van der Waals surface area contributed by atoms with E-state index in [0.717, 1.165) is 34.4 Å². The predicted octanol–water partition coefficient (Wildman–Crippen LogP) is 4.87. The fourth-order valence-corrected chi connectivity index (χ4v) is 5.18. The first kappa shape index (κ1) is 23.8. The summed E-state index contributed by atoms with van der Waals surface area (Å²) in [6.07, 6.45) is -2.56. The van der Waals surface area contributed by atoms with Gasteiger partial charge < -0.3 is 9.64 Å². The lowest BCUT2D eigenvalue weighted by atomic mass is 10.2. The average molecular weight is 497 g/mol. The van der Waals surface area contributed by atoms with Crippen LogP contribution in [0.4, 0.5) is 13.2 Å². The lowest BCUT2D eigenvalue weighted by molar-refractivity contribution is -0.160. The first-order valence-electron chi connectivity index (χ1n) is 10.5. The van der Waals surface area contributed by atoms with Crippen LogP contribution in [0.25, 0.3) is 10.7 Å². The fraction of sp³-hybridized carbons (Fsp3) is 0.409. The third-order valence-corrected chi connectivity index (χ3v) is 6.95. The van der Waals surface area contributed by atoms with Gasteiger partial charge in [-0.1, -0.05) is 48.2 Å². The molecular formula is C22H23F3N4O2S2. The summed E-state index contributed by atoms with van der Waals surface area (Å²) in [5.74, 6) is -0.103. The Hall–Kier alpha value is -2.37. The Morgan fingerprint density at radius 3 is 2.70 bits per heavy atom. The topological polar surface area (TPSA) is 60.3 Å². The van der Waals surface area contributed by atoms with Gasteiger partial charge in [-0.25, -0.2) is 0 Å². The van der Waals surface area contributed by atoms with E-state index in [1.54, 1.807) is 30.3 Å². The second kappa shape index (κ2) is 10.7. The monoisotopic (exact) mass is 496 g/mol. The Labute approximate surface area is 197 Å². The maximum Gasteiger partial charge on any atom is 0.406 e. The zero-order valence-electron chi connectivity index (χ0n) is 17.7. The zero-order chi connectivity index (χ0) is 23.3. The van der Waals surface area contributed by atoms with E-state index in [-0.39, 0.29) is 18.4 Å². The van der Waals surface area contributed by atoms with E-state index in [9.17, 15) is 18.0 Å². The van der Waals surface area contributed by atoms with Crippen LogP contribution >= 0.6 is 23.1 Å². The molecule has 11 heteroatoms. The number of thiophene rings is 1. The highest BCUT2D eigenvalue weighted by molar-refractivity contribution is 7.99. The molecule has 0 bridgehead atoms. The number of ether oxygens (including phenoxy) is 1. The molecule has 1 fully saturated rings. The number of amides is 1. The minimum atomic E-state index is -4.48. The summed E-state index contributed by atoms with van der Waals surface area (Å²) in [4.78, 5) is 14.6. The summed E-state index contributed by atoms with van der Waals surface area (Å²) in [6.45, 7) is -0.172. The number of thioether (sulfide) groups is 1. The second-order valence-electron chi connectivity index (χ2n) is 7.67. The van der Waals surface area contributed by atoms with Gasteiger partial charge in [-0.05, 0) is 29.9 Å². The van der Waals surface area contributed by atoms with Gasteiger partial charge in [0.05, 0.1) is 23.3 Å². The summed E-state index contributed by atoms with van der Waals surface area (Å²) in [7, 11) is 0. The van der Waals surface area contributed by atoms with Gasteiger partial charge in [0.2, 0.25) is 5.91 Å². The van der Waals surface area contributed by atoms with E-state index in [1.807, 2.05) is 22.1 Å². The minimum absolute atomic E-state index is 0.0228. The minimum Gasteiger partial charge on any atom is -0.376 e. The summed E-state index contributed by atoms with van der Waals surface area (Å²) in [5, 5.41) is 11.0. The molecule has 33 heavy (non-hydrogen) atoms. The molecule has 176 valence electrons. The Kier molecular flexibility index (Phi) is 7.71. The number of nitrogens with zero attached hydrogens (tertiary/aromatic N) is 4. The molecule has 1 atom stereocenters. The van der Waals surface area contributed by atoms with Gasteiger partial charge in [-0.3, -0.25) is 9.36 Å². The largest absolute Gasteiger partial charge is 0.406 e. The standard InChI is InChI=1S/C22H23F3N4O2S2/c23-22(24,25)15-28(12-16-6-2-1-3-7-16)19(30)14-33-21-27-26-20(18-9-5-11-32-18)29(21)13-17-8-4-10-31-17/h1-3,5-7,9,11,17H,4,8,10,12-15H2. The van der Waals surface area contributed by atoms with Gasteiger partial charge >= 0.3 is 6.18 Å². The van der Waals surface area contributed by atoms with Crippen molar-refractivity contribution in [1.29, 1.82) is 0 Å². The third-order valence-electron chi connectivity index (χ3n) is 5.13. The molecule has 3 aromatic rings. The molecule has 1 aromatic carbocycles. The number of carbonyl (C=O) groups excluding carboxylic acids is 1. The number of alkyl halides is 3. The summed E-state index contributed by atoms with van der Waals surface area (Å²) < 4.78 is 47.1. The summed E-state index contributed by atoms with van der Waals surface area (Å²) in [6, 6.07) is 12.5. The molecule has 3 heterocycles. The highest BCUT2D eigenvalue weighted by atomic mass is 32.2. The first-order valence-corrected chi connectivity index (χ1v) is 12.4. The number of carbonyl (C=O) groups is 1. The second-order valence-corrected chi connectivity index (χ2v) is 9.56. The normalized spacial score (nSPS) is 16.3. The van der Waals surface area contributed by atoms with Crippen LogP contribution in [-0.2, 0) is 22.6 Å². The summed E-state index contributed by atoms with van der Waals surface area (Å²) >= 11 is 2.63. The molecule has 0 saturated carbocycles. The maximum absolute atomic E-state index is 13.1. The van der Waals surface area contributed by atoms with Crippen LogP contribution < -0.4 is 0 Å². The number of rotatable bonds is 9. The van der Waals surface area contributed by atoms with Gasteiger partial charge in [-0.15, -0.1) is 21.5 Å². The molecule has 1 aliphatic heterocycles. The van der Waals surface area contributed by atoms with Crippen molar-refractivity contribution in [1.82, 2.24) is 19.7 Å². The number of hydrogen-bond donors (Lipinski definition) is 0. The molecular weight excluding hydrogens is 473 g/mol. The molecule has 0 N–H and O–H groups in total. The van der Waals surface area contributed by atoms with Crippen molar-refractivity contribution in [3.8, 4) is 10.7 Å². The van der Waals surface area contributed by atoms with Crippen molar-refractivity contribution >= 4 is 29.0 Å². The Bertz CT molecular complexity index is 1040. The van der Waals surface area contributed by atoms with Crippen LogP contribution in [0.15, 0.2) is 53.0 Å². The van der Waals surface area contributed by atoms with Crippen LogP contribution in [0, 0.1) is 0 Å². The molecule has 0 radical (unpaired) electrons. The smallest absolute Gasteiger partial charge is 0.376 e. The molecule has 1 aliphatic rings. The van der Waals surface area contributed by atoms with Crippen LogP contribution in [0.3, 0.4) is 0 Å². The van der Waals surface area contributed by atoms with E-state index in [2.05, 4.69) is 10.2 Å². The first-order chi connectivity index (χ1) is 15.9. The molecule has 0 spiro atoms. The Balaban J connectivity index is 1.49. The number of halogens is 3. The zero-order valence-corrected chi connectivity index (χ0v) is 19.3. The van der Waals surface area contributed by atoms with Crippen molar-refractivity contribution in [2.75, 3.05) is 18.9 Å². The molecule has 1 unspecified atom stereocenters. The van der Waals surface area contributed by atoms with E-state index in [1.165, 1.54) is 11.3 Å². The van der Waals surface area contributed by atoms with E-state index < -0.39 is 18.6 Å². The van der Waals surface area contributed by atoms with Crippen LogP contribution in [0.1, 0.15) is 18.4 Å². The van der Waals surface area contributed by atoms with Crippen molar-refractivity contribution < 1.29 is 22.7 Å². The third kappa shape index (κ3) is 6.58. The van der Waals surface area contributed by atoms with Crippen LogP contribution in [0.5, 0.6) is 0 Å². The Morgan fingerprint density at radius 2 is 2.03 bits per heavy atom. The quantitative estimate of drug-likeness (QED) is 0.396. The van der Waals surface area contributed by atoms with Crippen molar-refractivity contribution in [3.63, 3.8) is 0 Å². The van der Waals surface area contributed by atoms with Gasteiger partial charge in [-0.2, -0.15) is 13.2 Å². The SMILES string of the molecule is O=C(CSc1nnc(-c2cccs2)n1CC1CCCO1)N(Cc1ccccc1)CC(F)(F)F. The van der Waals surface area contributed by atoms with Crippen molar-refractivity contribution in [2.24, 2.45) is 0 Å². The molecule has 0 aliphatic carbocycles. The molecule has 4 rings (SSSR count). The molecule has 1 amide bonds. The highest BCUT2D eigenvalue weighted by Gasteiger charge is 2.33. The van der Waals surface area contributed by atoms with Crippen LogP contribution in [-0.4, -0.2) is 56.8 Å². The van der Waals surface area contributed by atoms with Gasteiger partial charge in [0.25, 0.3) is 0 Å². The van der Waals surface area contributed by atoms with Crippen LogP contribution in [0.2, 0.25) is 0 Å². The highest BCUT2D eigenvalue weighted by Crippen LogP contribution is 2.29. The maximum atomic E-state index is 13.1.